The number of anilines is 1. The maximum absolute atomic E-state index is 12.7. The molecule has 2 rings (SSSR count). The van der Waals surface area contributed by atoms with Gasteiger partial charge in [0.15, 0.2) is 0 Å². The number of amides is 1. The molecular formula is C16H24N2O. The van der Waals surface area contributed by atoms with Crippen LogP contribution in [0.25, 0.3) is 0 Å². The molecule has 3 heteroatoms. The molecule has 1 aliphatic rings. The lowest BCUT2D eigenvalue weighted by molar-refractivity contribution is 0.0706. The second-order valence-electron chi connectivity index (χ2n) is 5.76. The van der Waals surface area contributed by atoms with Gasteiger partial charge in [-0.05, 0) is 43.4 Å². The molecule has 3 nitrogen and oxygen atoms in total. The molecule has 104 valence electrons. The summed E-state index contributed by atoms with van der Waals surface area (Å²) in [5, 5.41) is 3.38. The van der Waals surface area contributed by atoms with Crippen molar-refractivity contribution < 1.29 is 4.79 Å². The number of rotatable bonds is 3. The van der Waals surface area contributed by atoms with E-state index in [0.29, 0.717) is 5.92 Å². The highest BCUT2D eigenvalue weighted by Crippen LogP contribution is 2.26. The highest BCUT2D eigenvalue weighted by molar-refractivity contribution is 5.97. The monoisotopic (exact) mass is 260 g/mol. The fraction of sp³-hybridized carbons (Fsp3) is 0.562. The average molecular weight is 260 g/mol. The minimum atomic E-state index is 0.141. The first-order valence-electron chi connectivity index (χ1n) is 7.15. The van der Waals surface area contributed by atoms with Crippen molar-refractivity contribution in [1.82, 2.24) is 4.90 Å². The third-order valence-corrected chi connectivity index (χ3v) is 4.22. The predicted molar refractivity (Wildman–Crippen MR) is 79.6 cm³/mol. The fourth-order valence-electron chi connectivity index (χ4n) is 2.53. The maximum atomic E-state index is 12.7. The highest BCUT2D eigenvalue weighted by atomic mass is 16.2. The van der Waals surface area contributed by atoms with Crippen LogP contribution in [0, 0.1) is 5.92 Å². The van der Waals surface area contributed by atoms with Gasteiger partial charge in [0.25, 0.3) is 5.91 Å². The van der Waals surface area contributed by atoms with E-state index < -0.39 is 0 Å². The van der Waals surface area contributed by atoms with Crippen molar-refractivity contribution in [3.8, 4) is 0 Å². The van der Waals surface area contributed by atoms with Crippen molar-refractivity contribution in [3.63, 3.8) is 0 Å². The van der Waals surface area contributed by atoms with E-state index in [1.807, 2.05) is 24.1 Å². The van der Waals surface area contributed by atoms with Gasteiger partial charge in [0.1, 0.15) is 0 Å². The average Bonchev–Trinajstić information content (AvgIpc) is 2.44. The van der Waals surface area contributed by atoms with Gasteiger partial charge < -0.3 is 10.2 Å². The molecule has 0 fully saturated rings. The number of carbonyl (C=O) groups is 1. The zero-order valence-electron chi connectivity index (χ0n) is 12.4. The standard InChI is InChI=1S/C16H24N2O/c1-11(2)12(3)18(4)16(19)14-7-5-9-15-13(14)8-6-10-17-15/h5,7,9,11-12,17H,6,8,10H2,1-4H3. The van der Waals surface area contributed by atoms with Crippen LogP contribution in [0.1, 0.15) is 43.1 Å². The zero-order valence-corrected chi connectivity index (χ0v) is 12.4. The molecule has 1 heterocycles. The minimum Gasteiger partial charge on any atom is -0.385 e. The number of nitrogens with one attached hydrogen (secondary N) is 1. The lowest BCUT2D eigenvalue weighted by atomic mass is 9.96. The summed E-state index contributed by atoms with van der Waals surface area (Å²) in [6.07, 6.45) is 2.09. The zero-order chi connectivity index (χ0) is 14.0. The molecule has 0 aromatic heterocycles. The number of nitrogens with zero attached hydrogens (tertiary/aromatic N) is 1. The second kappa shape index (κ2) is 5.64. The fourth-order valence-corrected chi connectivity index (χ4v) is 2.53. The Labute approximate surface area is 116 Å². The summed E-state index contributed by atoms with van der Waals surface area (Å²) in [6, 6.07) is 6.24. The van der Waals surface area contributed by atoms with Crippen LogP contribution in [0.4, 0.5) is 5.69 Å². The van der Waals surface area contributed by atoms with Crippen molar-refractivity contribution in [2.24, 2.45) is 5.92 Å². The Hall–Kier alpha value is -1.51. The summed E-state index contributed by atoms with van der Waals surface area (Å²) in [5.74, 6) is 0.605. The van der Waals surface area contributed by atoms with Crippen LogP contribution >= 0.6 is 0 Å². The summed E-state index contributed by atoms with van der Waals surface area (Å²) in [6.45, 7) is 7.41. The summed E-state index contributed by atoms with van der Waals surface area (Å²) < 4.78 is 0. The van der Waals surface area contributed by atoms with Crippen LogP contribution in [0.2, 0.25) is 0 Å². The molecule has 1 amide bonds. The third-order valence-electron chi connectivity index (χ3n) is 4.22. The van der Waals surface area contributed by atoms with Gasteiger partial charge in [-0.25, -0.2) is 0 Å². The van der Waals surface area contributed by atoms with E-state index in [2.05, 4.69) is 32.2 Å². The van der Waals surface area contributed by atoms with Crippen LogP contribution in [-0.2, 0) is 6.42 Å². The molecule has 1 aliphatic heterocycles. The Morgan fingerprint density at radius 1 is 1.32 bits per heavy atom. The van der Waals surface area contributed by atoms with Crippen molar-refractivity contribution in [2.45, 2.75) is 39.7 Å². The van der Waals surface area contributed by atoms with Crippen molar-refractivity contribution in [2.75, 3.05) is 18.9 Å². The Bertz CT molecular complexity index is 468. The molecule has 0 radical (unpaired) electrons. The van der Waals surface area contributed by atoms with E-state index >= 15 is 0 Å². The van der Waals surface area contributed by atoms with E-state index in [1.165, 1.54) is 5.56 Å². The van der Waals surface area contributed by atoms with Crippen LogP contribution < -0.4 is 5.32 Å². The van der Waals surface area contributed by atoms with Gasteiger partial charge in [0.05, 0.1) is 0 Å². The second-order valence-corrected chi connectivity index (χ2v) is 5.76. The third kappa shape index (κ3) is 2.75. The minimum absolute atomic E-state index is 0.141. The lowest BCUT2D eigenvalue weighted by Gasteiger charge is -2.30. The molecule has 0 aliphatic carbocycles. The van der Waals surface area contributed by atoms with Gasteiger partial charge in [-0.2, -0.15) is 0 Å². The van der Waals surface area contributed by atoms with E-state index in [9.17, 15) is 4.79 Å². The summed E-state index contributed by atoms with van der Waals surface area (Å²) in [4.78, 5) is 14.5. The van der Waals surface area contributed by atoms with E-state index in [1.54, 1.807) is 0 Å². The van der Waals surface area contributed by atoms with Crippen molar-refractivity contribution >= 4 is 11.6 Å². The van der Waals surface area contributed by atoms with Crippen LogP contribution in [0.3, 0.4) is 0 Å². The quantitative estimate of drug-likeness (QED) is 0.905. The van der Waals surface area contributed by atoms with E-state index in [-0.39, 0.29) is 11.9 Å². The summed E-state index contributed by atoms with van der Waals surface area (Å²) >= 11 is 0. The van der Waals surface area contributed by atoms with Gasteiger partial charge in [-0.3, -0.25) is 4.79 Å². The number of hydrogen-bond acceptors (Lipinski definition) is 2. The first-order valence-corrected chi connectivity index (χ1v) is 7.15. The summed E-state index contributed by atoms with van der Waals surface area (Å²) in [5.41, 5.74) is 3.17. The van der Waals surface area contributed by atoms with E-state index in [4.69, 9.17) is 0 Å². The first-order chi connectivity index (χ1) is 9.02. The van der Waals surface area contributed by atoms with Gasteiger partial charge in [-0.1, -0.05) is 19.9 Å². The highest BCUT2D eigenvalue weighted by Gasteiger charge is 2.23. The van der Waals surface area contributed by atoms with Crippen LogP contribution in [0.15, 0.2) is 18.2 Å². The Morgan fingerprint density at radius 3 is 2.74 bits per heavy atom. The van der Waals surface area contributed by atoms with Gasteiger partial charge in [0.2, 0.25) is 0 Å². The van der Waals surface area contributed by atoms with Crippen molar-refractivity contribution in [1.29, 1.82) is 0 Å². The smallest absolute Gasteiger partial charge is 0.254 e. The van der Waals surface area contributed by atoms with Gasteiger partial charge in [-0.15, -0.1) is 0 Å². The molecule has 19 heavy (non-hydrogen) atoms. The number of hydrogen-bond donors (Lipinski definition) is 1. The molecule has 0 bridgehead atoms. The molecule has 1 unspecified atom stereocenters. The SMILES string of the molecule is CC(C)C(C)N(C)C(=O)c1cccc2c1CCCN2. The summed E-state index contributed by atoms with van der Waals surface area (Å²) in [7, 11) is 1.91. The molecule has 1 N–H and O–H groups in total. The van der Waals surface area contributed by atoms with Crippen molar-refractivity contribution in [3.05, 3.63) is 29.3 Å². The number of benzene rings is 1. The maximum Gasteiger partial charge on any atom is 0.254 e. The Kier molecular flexibility index (Phi) is 4.13. The normalized spacial score (nSPS) is 15.6. The Balaban J connectivity index is 2.29. The number of carbonyl (C=O) groups excluding carboxylic acids is 1. The molecule has 0 saturated heterocycles. The Morgan fingerprint density at radius 2 is 2.05 bits per heavy atom. The molecule has 1 atom stereocenters. The molecule has 0 spiro atoms. The molecular weight excluding hydrogens is 236 g/mol. The molecule has 1 aromatic rings. The molecule has 0 saturated carbocycles. The largest absolute Gasteiger partial charge is 0.385 e. The predicted octanol–water partition coefficient (Wildman–Crippen LogP) is 3.16. The molecule has 1 aromatic carbocycles. The van der Waals surface area contributed by atoms with Gasteiger partial charge in [0, 0.05) is 30.9 Å². The first kappa shape index (κ1) is 13.9. The van der Waals surface area contributed by atoms with Crippen LogP contribution in [-0.4, -0.2) is 30.4 Å². The van der Waals surface area contributed by atoms with Crippen LogP contribution in [0.5, 0.6) is 0 Å². The lowest BCUT2D eigenvalue weighted by Crippen LogP contribution is -2.38. The van der Waals surface area contributed by atoms with Gasteiger partial charge >= 0.3 is 0 Å². The van der Waals surface area contributed by atoms with E-state index in [0.717, 1.165) is 30.6 Å². The number of fused-ring (bicyclic) bond motifs is 1. The topological polar surface area (TPSA) is 32.3 Å².